The summed E-state index contributed by atoms with van der Waals surface area (Å²) >= 11 is 0. The highest BCUT2D eigenvalue weighted by Crippen LogP contribution is 2.55. The van der Waals surface area contributed by atoms with E-state index in [0.29, 0.717) is 4.91 Å². The van der Waals surface area contributed by atoms with Crippen molar-refractivity contribution in [3.63, 3.8) is 0 Å². The maximum Gasteiger partial charge on any atom is 0.163 e. The summed E-state index contributed by atoms with van der Waals surface area (Å²) in [5.74, 6) is 0.928. The van der Waals surface area contributed by atoms with E-state index in [0.717, 1.165) is 11.4 Å². The molecule has 0 saturated carbocycles. The number of hydrogen-bond donors (Lipinski definition) is 0. The van der Waals surface area contributed by atoms with Gasteiger partial charge in [0.1, 0.15) is 5.43 Å². The Morgan fingerprint density at radius 3 is 1.62 bits per heavy atom. The Hall–Kier alpha value is -1.49. The molecule has 0 bridgehead atoms. The molecule has 0 saturated heterocycles. The topological polar surface area (TPSA) is 25.8 Å². The maximum atomic E-state index is 5.30. The Morgan fingerprint density at radius 1 is 0.692 bits per heavy atom. The van der Waals surface area contributed by atoms with Gasteiger partial charge < -0.3 is 0 Å². The summed E-state index contributed by atoms with van der Waals surface area (Å²) in [5.41, 5.74) is 3.61. The lowest BCUT2D eigenvalue weighted by Crippen LogP contribution is -2.43. The maximum absolute atomic E-state index is 5.30. The van der Waals surface area contributed by atoms with Crippen LogP contribution in [0.2, 0.25) is 39.3 Å². The molecule has 0 amide bonds. The standard InChI is InChI=1S/C21H29N2PSi2/c1-25(2,3)21(26(4,5)6)24-20(18-15-11-8-12-16-18)22-19(23-24)17-13-9-7-10-14-17/h7-16,21H,1-6H3. The summed E-state index contributed by atoms with van der Waals surface area (Å²) in [6.45, 7) is 15.1. The van der Waals surface area contributed by atoms with E-state index in [1.54, 1.807) is 0 Å². The van der Waals surface area contributed by atoms with Crippen LogP contribution in [0.5, 0.6) is 0 Å². The van der Waals surface area contributed by atoms with Crippen molar-refractivity contribution in [3.05, 3.63) is 60.7 Å². The van der Waals surface area contributed by atoms with E-state index in [9.17, 15) is 0 Å². The van der Waals surface area contributed by atoms with Gasteiger partial charge >= 0.3 is 0 Å². The first kappa shape index (κ1) is 19.3. The van der Waals surface area contributed by atoms with Crippen LogP contribution in [-0.2, 0) is 0 Å². The number of hydrogen-bond acceptors (Lipinski definition) is 2. The molecule has 0 spiro atoms. The predicted molar refractivity (Wildman–Crippen MR) is 121 cm³/mol. The number of rotatable bonds is 5. The molecule has 0 aliphatic heterocycles. The molecule has 1 atom stereocenters. The third kappa shape index (κ3) is 4.08. The van der Waals surface area contributed by atoms with Crippen molar-refractivity contribution in [2.75, 3.05) is 0 Å². The minimum Gasteiger partial charge on any atom is -0.222 e. The molecule has 0 fully saturated rings. The van der Waals surface area contributed by atoms with Crippen molar-refractivity contribution >= 4 is 23.8 Å². The fourth-order valence-electron chi connectivity index (χ4n) is 4.03. The molecule has 0 aliphatic rings. The molecule has 1 unspecified atom stereocenters. The molecular weight excluding hydrogens is 367 g/mol. The molecular formula is C21H29N2PSi2. The van der Waals surface area contributed by atoms with E-state index in [1.165, 1.54) is 11.0 Å². The molecule has 2 aromatic carbocycles. The summed E-state index contributed by atoms with van der Waals surface area (Å²) in [4.78, 5) is 5.81. The van der Waals surface area contributed by atoms with Crippen molar-refractivity contribution in [2.24, 2.45) is 0 Å². The molecule has 3 aromatic rings. The Bertz CT molecular complexity index is 849. The molecule has 0 aliphatic carbocycles. The number of nitrogens with zero attached hydrogens (tertiary/aromatic N) is 2. The zero-order valence-corrected chi connectivity index (χ0v) is 19.6. The largest absolute Gasteiger partial charge is 0.222 e. The second kappa shape index (κ2) is 7.26. The average Bonchev–Trinajstić information content (AvgIpc) is 2.98. The fraction of sp³-hybridized carbons (Fsp3) is 0.333. The van der Waals surface area contributed by atoms with Gasteiger partial charge in [0.05, 0.1) is 16.1 Å². The monoisotopic (exact) mass is 396 g/mol. The average molecular weight is 397 g/mol. The van der Waals surface area contributed by atoms with Gasteiger partial charge in [0.15, 0.2) is 5.82 Å². The van der Waals surface area contributed by atoms with Crippen LogP contribution in [0, 0.1) is 0 Å². The fourth-order valence-corrected chi connectivity index (χ4v) is 22.8. The minimum atomic E-state index is -1.39. The lowest BCUT2D eigenvalue weighted by molar-refractivity contribution is 1.32. The third-order valence-corrected chi connectivity index (χ3v) is 20.9. The Morgan fingerprint density at radius 2 is 1.15 bits per heavy atom. The molecule has 136 valence electrons. The Balaban J connectivity index is 2.24. The number of benzene rings is 2. The normalized spacial score (nSPS) is 13.3. The van der Waals surface area contributed by atoms with Gasteiger partial charge in [-0.2, -0.15) is 0 Å². The summed E-state index contributed by atoms with van der Waals surface area (Å²) in [7, 11) is -3.41. The van der Waals surface area contributed by atoms with E-state index in [2.05, 4.69) is 99.9 Å². The zero-order valence-electron chi connectivity index (χ0n) is 16.7. The highest BCUT2D eigenvalue weighted by molar-refractivity contribution is 7.56. The van der Waals surface area contributed by atoms with Crippen molar-refractivity contribution < 1.29 is 0 Å². The second-order valence-electron chi connectivity index (χ2n) is 9.07. The van der Waals surface area contributed by atoms with Crippen LogP contribution in [0.15, 0.2) is 60.7 Å². The SMILES string of the molecule is C[Si](C)(C)C(p1nc(-c2ccccc2)nc1-c1ccccc1)[Si](C)(C)C. The van der Waals surface area contributed by atoms with Gasteiger partial charge in [0.25, 0.3) is 0 Å². The summed E-state index contributed by atoms with van der Waals surface area (Å²) in [6.07, 6.45) is 0. The molecule has 26 heavy (non-hydrogen) atoms. The highest BCUT2D eigenvalue weighted by atomic mass is 31.1. The predicted octanol–water partition coefficient (Wildman–Crippen LogP) is 7.09. The first-order chi connectivity index (χ1) is 12.2. The minimum absolute atomic E-state index is 0.626. The van der Waals surface area contributed by atoms with Gasteiger partial charge in [-0.05, 0) is 7.69 Å². The van der Waals surface area contributed by atoms with Crippen LogP contribution in [0.3, 0.4) is 0 Å². The van der Waals surface area contributed by atoms with Crippen LogP contribution in [0.1, 0.15) is 4.91 Å². The van der Waals surface area contributed by atoms with Gasteiger partial charge in [0, 0.05) is 16.0 Å². The summed E-state index contributed by atoms with van der Waals surface area (Å²) in [6, 6.07) is 21.2. The van der Waals surface area contributed by atoms with Gasteiger partial charge in [0.2, 0.25) is 0 Å². The van der Waals surface area contributed by atoms with Crippen molar-refractivity contribution in [1.29, 1.82) is 0 Å². The van der Waals surface area contributed by atoms with E-state index in [-0.39, 0.29) is 0 Å². The van der Waals surface area contributed by atoms with Gasteiger partial charge in [-0.3, -0.25) is 0 Å². The second-order valence-corrected chi connectivity index (χ2v) is 23.1. The highest BCUT2D eigenvalue weighted by Gasteiger charge is 2.41. The van der Waals surface area contributed by atoms with Crippen molar-refractivity contribution in [2.45, 2.75) is 44.2 Å². The van der Waals surface area contributed by atoms with Gasteiger partial charge in [-0.15, -0.1) is 0 Å². The van der Waals surface area contributed by atoms with Gasteiger partial charge in [-0.1, -0.05) is 99.9 Å². The first-order valence-electron chi connectivity index (χ1n) is 9.25. The zero-order chi connectivity index (χ0) is 18.9. The Labute approximate surface area is 160 Å². The molecule has 0 N–H and O–H groups in total. The van der Waals surface area contributed by atoms with E-state index in [4.69, 9.17) is 9.73 Å². The summed E-state index contributed by atoms with van der Waals surface area (Å²) < 4.78 is 5.30. The molecule has 1 heterocycles. The third-order valence-electron chi connectivity index (χ3n) is 4.58. The first-order valence-corrected chi connectivity index (χ1v) is 17.8. The lowest BCUT2D eigenvalue weighted by atomic mass is 10.2. The van der Waals surface area contributed by atoms with Crippen molar-refractivity contribution in [3.8, 4) is 22.4 Å². The van der Waals surface area contributed by atoms with E-state index >= 15 is 0 Å². The molecule has 2 nitrogen and oxygen atoms in total. The lowest BCUT2D eigenvalue weighted by Gasteiger charge is -2.37. The smallest absolute Gasteiger partial charge is 0.163 e. The summed E-state index contributed by atoms with van der Waals surface area (Å²) in [5, 5.41) is 0. The molecule has 3 rings (SSSR count). The molecule has 0 radical (unpaired) electrons. The quantitative estimate of drug-likeness (QED) is 0.430. The Kier molecular flexibility index (Phi) is 5.38. The van der Waals surface area contributed by atoms with Crippen LogP contribution in [0.25, 0.3) is 22.4 Å². The van der Waals surface area contributed by atoms with Crippen LogP contribution < -0.4 is 0 Å². The van der Waals surface area contributed by atoms with Crippen LogP contribution in [-0.4, -0.2) is 25.9 Å². The van der Waals surface area contributed by atoms with E-state index < -0.39 is 23.8 Å². The van der Waals surface area contributed by atoms with Crippen LogP contribution in [0.4, 0.5) is 0 Å². The van der Waals surface area contributed by atoms with E-state index in [1.807, 2.05) is 0 Å². The van der Waals surface area contributed by atoms with Crippen molar-refractivity contribution in [1.82, 2.24) is 9.73 Å². The molecule has 5 heteroatoms. The molecule has 1 aromatic heterocycles. The van der Waals surface area contributed by atoms with Crippen LogP contribution >= 0.6 is 7.69 Å². The number of aromatic nitrogens is 2. The van der Waals surface area contributed by atoms with Gasteiger partial charge in [-0.25, -0.2) is 9.73 Å².